The zero-order chi connectivity index (χ0) is 20.2. The Morgan fingerprint density at radius 1 is 1.00 bits per heavy atom. The van der Waals surface area contributed by atoms with Gasteiger partial charge in [-0.2, -0.15) is 0 Å². The van der Waals surface area contributed by atoms with E-state index in [9.17, 15) is 14.4 Å². The molecule has 1 aliphatic rings. The highest BCUT2D eigenvalue weighted by Crippen LogP contribution is 2.30. The Morgan fingerprint density at radius 2 is 1.76 bits per heavy atom. The van der Waals surface area contributed by atoms with Crippen LogP contribution in [0.5, 0.6) is 11.5 Å². The summed E-state index contributed by atoms with van der Waals surface area (Å²) in [7, 11) is 0. The number of rotatable bonds is 4. The Balaban J connectivity index is 1.24. The number of esters is 1. The standard InChI is InChI=1S/C20H16N2O7/c23-18(11-27-20(25)16-9-12-5-1-2-6-13(12)28-16)21-22-19(24)17-10-26-14-7-3-4-8-15(14)29-17/h1-9,17H,10-11H2,(H,21,23)(H,22,24)/t17-/m0/s1. The second-order valence-corrected chi connectivity index (χ2v) is 6.13. The van der Waals surface area contributed by atoms with E-state index in [0.29, 0.717) is 17.1 Å². The number of carbonyl (C=O) groups excluding carboxylic acids is 3. The maximum Gasteiger partial charge on any atom is 0.374 e. The molecule has 2 N–H and O–H groups in total. The molecule has 2 heterocycles. The fourth-order valence-corrected chi connectivity index (χ4v) is 2.68. The van der Waals surface area contributed by atoms with Crippen LogP contribution in [0, 0.1) is 0 Å². The molecule has 0 saturated heterocycles. The number of para-hydroxylation sites is 3. The number of fused-ring (bicyclic) bond motifs is 2. The van der Waals surface area contributed by atoms with E-state index in [1.165, 1.54) is 6.07 Å². The lowest BCUT2D eigenvalue weighted by atomic mass is 10.2. The van der Waals surface area contributed by atoms with E-state index in [1.54, 1.807) is 42.5 Å². The van der Waals surface area contributed by atoms with Gasteiger partial charge in [0.1, 0.15) is 12.2 Å². The quantitative estimate of drug-likeness (QED) is 0.508. The van der Waals surface area contributed by atoms with E-state index in [2.05, 4.69) is 10.9 Å². The molecular formula is C20H16N2O7. The van der Waals surface area contributed by atoms with Gasteiger partial charge in [-0.3, -0.25) is 20.4 Å². The molecule has 1 atom stereocenters. The number of hydrogen-bond donors (Lipinski definition) is 2. The van der Waals surface area contributed by atoms with Crippen molar-refractivity contribution < 1.29 is 33.0 Å². The smallest absolute Gasteiger partial charge is 0.374 e. The van der Waals surface area contributed by atoms with Gasteiger partial charge in [0.25, 0.3) is 11.8 Å². The van der Waals surface area contributed by atoms with Crippen LogP contribution in [-0.4, -0.2) is 37.1 Å². The van der Waals surface area contributed by atoms with Gasteiger partial charge in [0.2, 0.25) is 11.9 Å². The van der Waals surface area contributed by atoms with Gasteiger partial charge in [-0.05, 0) is 24.3 Å². The summed E-state index contributed by atoms with van der Waals surface area (Å²) >= 11 is 0. The highest BCUT2D eigenvalue weighted by atomic mass is 16.6. The molecule has 3 aromatic rings. The molecule has 0 radical (unpaired) electrons. The fraction of sp³-hybridized carbons (Fsp3) is 0.150. The molecule has 1 aromatic heterocycles. The second kappa shape index (κ2) is 7.93. The summed E-state index contributed by atoms with van der Waals surface area (Å²) in [5.74, 6) is -1.16. The van der Waals surface area contributed by atoms with Crippen LogP contribution >= 0.6 is 0 Å². The third-order valence-electron chi connectivity index (χ3n) is 4.09. The Labute approximate surface area is 164 Å². The van der Waals surface area contributed by atoms with Gasteiger partial charge < -0.3 is 18.6 Å². The molecule has 148 valence electrons. The van der Waals surface area contributed by atoms with Gasteiger partial charge in [-0.25, -0.2) is 4.79 Å². The summed E-state index contributed by atoms with van der Waals surface area (Å²) < 4.78 is 21.2. The molecular weight excluding hydrogens is 380 g/mol. The number of ether oxygens (including phenoxy) is 3. The van der Waals surface area contributed by atoms with Crippen LogP contribution in [0.25, 0.3) is 11.0 Å². The van der Waals surface area contributed by atoms with E-state index in [1.807, 2.05) is 6.07 Å². The molecule has 9 nitrogen and oxygen atoms in total. The number of hydrogen-bond acceptors (Lipinski definition) is 7. The number of amides is 2. The molecule has 0 unspecified atom stereocenters. The van der Waals surface area contributed by atoms with E-state index in [-0.39, 0.29) is 12.4 Å². The van der Waals surface area contributed by atoms with Gasteiger partial charge in [0.15, 0.2) is 18.1 Å². The Morgan fingerprint density at radius 3 is 2.59 bits per heavy atom. The van der Waals surface area contributed by atoms with Crippen molar-refractivity contribution in [2.75, 3.05) is 13.2 Å². The second-order valence-electron chi connectivity index (χ2n) is 6.13. The van der Waals surface area contributed by atoms with Crippen LogP contribution in [0.4, 0.5) is 0 Å². The summed E-state index contributed by atoms with van der Waals surface area (Å²) in [6.45, 7) is -0.596. The summed E-state index contributed by atoms with van der Waals surface area (Å²) in [6.07, 6.45) is -0.928. The fourth-order valence-electron chi connectivity index (χ4n) is 2.68. The van der Waals surface area contributed by atoms with Gasteiger partial charge >= 0.3 is 5.97 Å². The van der Waals surface area contributed by atoms with Crippen LogP contribution in [0.15, 0.2) is 59.0 Å². The minimum atomic E-state index is -0.928. The molecule has 0 fully saturated rings. The molecule has 2 amide bonds. The summed E-state index contributed by atoms with van der Waals surface area (Å²) in [6, 6.07) is 15.5. The predicted octanol–water partition coefficient (Wildman–Crippen LogP) is 1.58. The SMILES string of the molecule is O=C(COC(=O)c1cc2ccccc2o1)NNC(=O)[C@@H]1COc2ccccc2O1. The van der Waals surface area contributed by atoms with Gasteiger partial charge in [-0.15, -0.1) is 0 Å². The van der Waals surface area contributed by atoms with Crippen molar-refractivity contribution in [3.8, 4) is 11.5 Å². The van der Waals surface area contributed by atoms with Crippen molar-refractivity contribution in [2.45, 2.75) is 6.10 Å². The number of furan rings is 1. The first-order chi connectivity index (χ1) is 14.1. The van der Waals surface area contributed by atoms with E-state index >= 15 is 0 Å². The molecule has 4 rings (SSSR count). The van der Waals surface area contributed by atoms with E-state index in [0.717, 1.165) is 5.39 Å². The minimum Gasteiger partial charge on any atom is -0.485 e. The van der Waals surface area contributed by atoms with Gasteiger partial charge in [0.05, 0.1) is 0 Å². The van der Waals surface area contributed by atoms with Gasteiger partial charge in [-0.1, -0.05) is 30.3 Å². The van der Waals surface area contributed by atoms with Crippen LogP contribution in [0.2, 0.25) is 0 Å². The normalized spacial score (nSPS) is 14.8. The Hall–Kier alpha value is -4.01. The number of nitrogens with one attached hydrogen (secondary N) is 2. The Bertz CT molecular complexity index is 1040. The average Bonchev–Trinajstić information content (AvgIpc) is 3.20. The Kier molecular flexibility index (Phi) is 5.02. The molecule has 9 heteroatoms. The van der Waals surface area contributed by atoms with Crippen LogP contribution in [0.1, 0.15) is 10.6 Å². The highest BCUT2D eigenvalue weighted by Gasteiger charge is 2.27. The van der Waals surface area contributed by atoms with E-state index in [4.69, 9.17) is 18.6 Å². The summed E-state index contributed by atoms with van der Waals surface area (Å²) in [5, 5.41) is 0.743. The summed E-state index contributed by atoms with van der Waals surface area (Å²) in [5.41, 5.74) is 4.90. The van der Waals surface area contributed by atoms with Crippen molar-refractivity contribution in [3.63, 3.8) is 0 Å². The zero-order valence-electron chi connectivity index (χ0n) is 15.0. The zero-order valence-corrected chi connectivity index (χ0v) is 15.0. The van der Waals surface area contributed by atoms with Crippen molar-refractivity contribution >= 4 is 28.8 Å². The monoisotopic (exact) mass is 396 g/mol. The number of benzene rings is 2. The molecule has 0 saturated carbocycles. The van der Waals surface area contributed by atoms with Crippen molar-refractivity contribution in [2.24, 2.45) is 0 Å². The highest BCUT2D eigenvalue weighted by molar-refractivity contribution is 5.94. The van der Waals surface area contributed by atoms with Crippen molar-refractivity contribution in [3.05, 3.63) is 60.4 Å². The molecule has 1 aliphatic heterocycles. The lowest BCUT2D eigenvalue weighted by Gasteiger charge is -2.25. The third-order valence-corrected chi connectivity index (χ3v) is 4.09. The third kappa shape index (κ3) is 4.13. The molecule has 2 aromatic carbocycles. The van der Waals surface area contributed by atoms with Gasteiger partial charge in [0, 0.05) is 5.39 Å². The van der Waals surface area contributed by atoms with Crippen molar-refractivity contribution in [1.29, 1.82) is 0 Å². The van der Waals surface area contributed by atoms with Crippen LogP contribution < -0.4 is 20.3 Å². The lowest BCUT2D eigenvalue weighted by molar-refractivity contribution is -0.135. The molecule has 0 spiro atoms. The minimum absolute atomic E-state index is 0.000242. The molecule has 29 heavy (non-hydrogen) atoms. The largest absolute Gasteiger partial charge is 0.485 e. The first-order valence-electron chi connectivity index (χ1n) is 8.73. The van der Waals surface area contributed by atoms with E-state index < -0.39 is 30.5 Å². The van der Waals surface area contributed by atoms with Crippen LogP contribution in [0.3, 0.4) is 0 Å². The number of carbonyl (C=O) groups is 3. The molecule has 0 bridgehead atoms. The first-order valence-corrected chi connectivity index (χ1v) is 8.73. The summed E-state index contributed by atoms with van der Waals surface area (Å²) in [4.78, 5) is 35.9. The maximum atomic E-state index is 12.1. The maximum absolute atomic E-state index is 12.1. The predicted molar refractivity (Wildman–Crippen MR) is 99.1 cm³/mol. The average molecular weight is 396 g/mol. The number of hydrazine groups is 1. The van der Waals surface area contributed by atoms with Crippen molar-refractivity contribution in [1.82, 2.24) is 10.9 Å². The lowest BCUT2D eigenvalue weighted by Crippen LogP contribution is -2.51. The molecule has 0 aliphatic carbocycles. The topological polar surface area (TPSA) is 116 Å². The van der Waals surface area contributed by atoms with Crippen LogP contribution in [-0.2, 0) is 14.3 Å². The first kappa shape index (κ1) is 18.4.